The minimum absolute atomic E-state index is 0.795. The summed E-state index contributed by atoms with van der Waals surface area (Å²) in [7, 11) is 0. The van der Waals surface area contributed by atoms with Gasteiger partial charge in [0, 0.05) is 4.88 Å². The topological polar surface area (TPSA) is 20.7 Å². The Bertz CT molecular complexity index is 762. The molecule has 0 radical (unpaired) electrons. The Morgan fingerprint density at radius 2 is 2.11 bits per heavy atom. The van der Waals surface area contributed by atoms with E-state index in [-0.39, 0.29) is 0 Å². The monoisotopic (exact) mass is 274 g/mol. The molecule has 3 aromatic rings. The van der Waals surface area contributed by atoms with Gasteiger partial charge >= 0.3 is 0 Å². The molecule has 2 heterocycles. The van der Waals surface area contributed by atoms with Gasteiger partial charge in [-0.15, -0.1) is 11.3 Å². The van der Waals surface area contributed by atoms with Crippen molar-refractivity contribution in [1.82, 2.24) is 9.55 Å². The molecule has 2 aromatic heterocycles. The van der Waals surface area contributed by atoms with Crippen molar-refractivity contribution >= 4 is 34.6 Å². The van der Waals surface area contributed by atoms with Crippen molar-refractivity contribution in [2.75, 3.05) is 0 Å². The van der Waals surface area contributed by atoms with Gasteiger partial charge in [-0.1, -0.05) is 6.07 Å². The molecule has 3 rings (SSSR count). The van der Waals surface area contributed by atoms with Crippen molar-refractivity contribution in [3.05, 3.63) is 50.4 Å². The maximum absolute atomic E-state index is 5.42. The van der Waals surface area contributed by atoms with Crippen LogP contribution in [0.5, 0.6) is 0 Å². The Kier molecular flexibility index (Phi) is 2.84. The first-order valence-corrected chi connectivity index (χ1v) is 7.16. The second-order valence-electron chi connectivity index (χ2n) is 4.56. The summed E-state index contributed by atoms with van der Waals surface area (Å²) >= 11 is 7.21. The molecule has 0 amide bonds. The number of nitrogens with zero attached hydrogens (tertiary/aromatic N) is 1. The largest absolute Gasteiger partial charge is 0.331 e. The second kappa shape index (κ2) is 4.37. The third kappa shape index (κ3) is 1.91. The number of nitrogens with one attached hydrogen (secondary N) is 1. The lowest BCUT2D eigenvalue weighted by molar-refractivity contribution is 0.819. The van der Waals surface area contributed by atoms with Crippen LogP contribution in [-0.2, 0) is 6.54 Å². The fourth-order valence-corrected chi connectivity index (χ4v) is 3.30. The number of aromatic amines is 1. The summed E-state index contributed by atoms with van der Waals surface area (Å²) in [6, 6.07) is 8.54. The summed E-state index contributed by atoms with van der Waals surface area (Å²) in [5, 5.41) is 2.13. The van der Waals surface area contributed by atoms with Gasteiger partial charge in [0.05, 0.1) is 17.6 Å². The number of benzene rings is 1. The molecule has 0 saturated heterocycles. The lowest BCUT2D eigenvalue weighted by Gasteiger charge is -2.04. The van der Waals surface area contributed by atoms with Gasteiger partial charge in [-0.3, -0.25) is 0 Å². The lowest BCUT2D eigenvalue weighted by Crippen LogP contribution is -1.99. The molecule has 0 saturated carbocycles. The Hall–Kier alpha value is -1.39. The molecule has 0 aliphatic rings. The molecule has 4 heteroatoms. The molecule has 92 valence electrons. The van der Waals surface area contributed by atoms with Crippen molar-refractivity contribution in [2.24, 2.45) is 0 Å². The van der Waals surface area contributed by atoms with E-state index in [0.29, 0.717) is 0 Å². The number of thiophene rings is 1. The predicted octanol–water partition coefficient (Wildman–Crippen LogP) is 4.43. The van der Waals surface area contributed by atoms with Gasteiger partial charge in [-0.05, 0) is 60.8 Å². The molecule has 0 spiro atoms. The third-order valence-corrected chi connectivity index (χ3v) is 4.53. The van der Waals surface area contributed by atoms with E-state index < -0.39 is 0 Å². The fourth-order valence-electron chi connectivity index (χ4n) is 2.13. The second-order valence-corrected chi connectivity index (χ2v) is 5.95. The van der Waals surface area contributed by atoms with Gasteiger partial charge in [0.15, 0.2) is 4.77 Å². The average Bonchev–Trinajstić information content (AvgIpc) is 2.86. The van der Waals surface area contributed by atoms with Gasteiger partial charge in [0.25, 0.3) is 0 Å². The zero-order valence-corrected chi connectivity index (χ0v) is 12.0. The first-order chi connectivity index (χ1) is 8.65. The minimum atomic E-state index is 0.795. The minimum Gasteiger partial charge on any atom is -0.331 e. The number of imidazole rings is 1. The molecule has 18 heavy (non-hydrogen) atoms. The Morgan fingerprint density at radius 3 is 2.83 bits per heavy atom. The number of fused-ring (bicyclic) bond motifs is 1. The maximum Gasteiger partial charge on any atom is 0.178 e. The van der Waals surface area contributed by atoms with E-state index in [1.165, 1.54) is 21.5 Å². The molecule has 0 atom stereocenters. The summed E-state index contributed by atoms with van der Waals surface area (Å²) in [6.45, 7) is 5.11. The summed E-state index contributed by atoms with van der Waals surface area (Å²) in [6.07, 6.45) is 0. The molecule has 0 aliphatic carbocycles. The summed E-state index contributed by atoms with van der Waals surface area (Å²) in [5.41, 5.74) is 4.89. The van der Waals surface area contributed by atoms with Crippen LogP contribution in [0.3, 0.4) is 0 Å². The summed E-state index contributed by atoms with van der Waals surface area (Å²) in [5.74, 6) is 0. The Labute approximate surface area is 115 Å². The molecular formula is C14H14N2S2. The first kappa shape index (κ1) is 11.7. The molecule has 0 unspecified atom stereocenters. The smallest absolute Gasteiger partial charge is 0.178 e. The average molecular weight is 274 g/mol. The molecule has 1 N–H and O–H groups in total. The molecule has 0 fully saturated rings. The standard InChI is InChI=1S/C14H14N2S2/c1-9-3-4-11-12(7-9)16(14(17)15-11)8-13-10(2)5-6-18-13/h3-7H,8H2,1-2H3,(H,15,17). The highest BCUT2D eigenvalue weighted by Gasteiger charge is 2.07. The van der Waals surface area contributed by atoms with Crippen molar-refractivity contribution in [1.29, 1.82) is 0 Å². The van der Waals surface area contributed by atoms with Crippen LogP contribution in [0.1, 0.15) is 16.0 Å². The van der Waals surface area contributed by atoms with E-state index in [9.17, 15) is 0 Å². The number of rotatable bonds is 2. The van der Waals surface area contributed by atoms with Crippen molar-refractivity contribution in [3.63, 3.8) is 0 Å². The van der Waals surface area contributed by atoms with Crippen LogP contribution in [0, 0.1) is 18.6 Å². The van der Waals surface area contributed by atoms with Crippen LogP contribution in [0.15, 0.2) is 29.6 Å². The SMILES string of the molecule is Cc1ccc2[nH]c(=S)n(Cc3sccc3C)c2c1. The normalized spacial score (nSPS) is 11.2. The Balaban J connectivity index is 2.17. The molecule has 0 bridgehead atoms. The molecule has 2 nitrogen and oxygen atoms in total. The predicted molar refractivity (Wildman–Crippen MR) is 80.0 cm³/mol. The summed E-state index contributed by atoms with van der Waals surface area (Å²) in [4.78, 5) is 4.64. The van der Waals surface area contributed by atoms with E-state index in [1.807, 2.05) is 0 Å². The number of H-pyrrole nitrogens is 1. The van der Waals surface area contributed by atoms with Crippen LogP contribution in [0.4, 0.5) is 0 Å². The quantitative estimate of drug-likeness (QED) is 0.686. The van der Waals surface area contributed by atoms with Crippen LogP contribution >= 0.6 is 23.6 Å². The van der Waals surface area contributed by atoms with E-state index in [1.54, 1.807) is 11.3 Å². The first-order valence-electron chi connectivity index (χ1n) is 5.87. The molecule has 0 aliphatic heterocycles. The number of aromatic nitrogens is 2. The van der Waals surface area contributed by atoms with Gasteiger partial charge in [0.1, 0.15) is 0 Å². The zero-order chi connectivity index (χ0) is 12.7. The zero-order valence-electron chi connectivity index (χ0n) is 10.4. The van der Waals surface area contributed by atoms with Crippen LogP contribution in [-0.4, -0.2) is 9.55 Å². The van der Waals surface area contributed by atoms with Crippen molar-refractivity contribution in [2.45, 2.75) is 20.4 Å². The number of aryl methyl sites for hydroxylation is 2. The van der Waals surface area contributed by atoms with E-state index >= 15 is 0 Å². The highest BCUT2D eigenvalue weighted by molar-refractivity contribution is 7.71. The molecular weight excluding hydrogens is 260 g/mol. The van der Waals surface area contributed by atoms with Gasteiger partial charge in [-0.2, -0.15) is 0 Å². The third-order valence-electron chi connectivity index (χ3n) is 3.20. The highest BCUT2D eigenvalue weighted by Crippen LogP contribution is 2.21. The van der Waals surface area contributed by atoms with Crippen LogP contribution in [0.25, 0.3) is 11.0 Å². The van der Waals surface area contributed by atoms with Crippen molar-refractivity contribution < 1.29 is 0 Å². The number of hydrogen-bond donors (Lipinski definition) is 1. The summed E-state index contributed by atoms with van der Waals surface area (Å²) < 4.78 is 2.97. The van der Waals surface area contributed by atoms with Gasteiger partial charge in [-0.25, -0.2) is 0 Å². The van der Waals surface area contributed by atoms with Gasteiger partial charge < -0.3 is 9.55 Å². The maximum atomic E-state index is 5.42. The number of hydrogen-bond acceptors (Lipinski definition) is 2. The fraction of sp³-hybridized carbons (Fsp3) is 0.214. The van der Waals surface area contributed by atoms with E-state index in [4.69, 9.17) is 12.2 Å². The van der Waals surface area contributed by atoms with Crippen LogP contribution in [0.2, 0.25) is 0 Å². The molecule has 1 aromatic carbocycles. The van der Waals surface area contributed by atoms with E-state index in [0.717, 1.165) is 16.8 Å². The van der Waals surface area contributed by atoms with Crippen molar-refractivity contribution in [3.8, 4) is 0 Å². The van der Waals surface area contributed by atoms with Crippen LogP contribution < -0.4 is 0 Å². The highest BCUT2D eigenvalue weighted by atomic mass is 32.1. The van der Waals surface area contributed by atoms with Gasteiger partial charge in [0.2, 0.25) is 0 Å². The van der Waals surface area contributed by atoms with E-state index in [2.05, 4.69) is 53.0 Å². The Morgan fingerprint density at radius 1 is 1.28 bits per heavy atom. The lowest BCUT2D eigenvalue weighted by atomic mass is 10.2.